The zero-order chi connectivity index (χ0) is 21.0. The SMILES string of the molecule is CC1=[C-]C(C)([Si](C)(c2cc(C)cc(C)c2)c2cc(C)c(C)c(C)c2)C(C)=C1C.[Cl-].[Cl-].[Cl-].[Ti+4]. The molecule has 0 N–H and O–H groups in total. The van der Waals surface area contributed by atoms with Crippen LogP contribution in [-0.2, 0) is 21.7 Å². The third-order valence-electron chi connectivity index (χ3n) is 7.62. The number of allylic oxidation sites excluding steroid dienone is 4. The van der Waals surface area contributed by atoms with Crippen LogP contribution in [0.15, 0.2) is 47.1 Å². The topological polar surface area (TPSA) is 0 Å². The summed E-state index contributed by atoms with van der Waals surface area (Å²) >= 11 is 0. The Morgan fingerprint density at radius 3 is 1.47 bits per heavy atom. The summed E-state index contributed by atoms with van der Waals surface area (Å²) in [7, 11) is -2.18. The van der Waals surface area contributed by atoms with Crippen LogP contribution in [0.4, 0.5) is 0 Å². The van der Waals surface area contributed by atoms with E-state index >= 15 is 0 Å². The Morgan fingerprint density at radius 2 is 1.09 bits per heavy atom. The summed E-state index contributed by atoms with van der Waals surface area (Å²) in [4.78, 5) is 0. The number of hydrogen-bond donors (Lipinski definition) is 0. The molecule has 0 aliphatic heterocycles. The Labute approximate surface area is 230 Å². The van der Waals surface area contributed by atoms with Gasteiger partial charge in [0.1, 0.15) is 8.07 Å². The molecule has 2 unspecified atom stereocenters. The van der Waals surface area contributed by atoms with Gasteiger partial charge < -0.3 is 37.2 Å². The standard InChI is InChI=1S/C27H35Si.3ClH.Ti/c1-17-11-18(2)13-25(12-17)28(10,26-14-19(3)22(6)20(4)15-26)27(9)16-21(5)23(7)24(27)8;;;;/h11-15H,1-10H3;3*1H;/q-1;;;;+4/p-3. The third-order valence-corrected chi connectivity index (χ3v) is 13.0. The van der Waals surface area contributed by atoms with Gasteiger partial charge in [0, 0.05) is 0 Å². The van der Waals surface area contributed by atoms with E-state index in [0.717, 1.165) is 0 Å². The van der Waals surface area contributed by atoms with Crippen molar-refractivity contribution in [2.45, 2.75) is 73.9 Å². The van der Waals surface area contributed by atoms with Crippen molar-refractivity contribution < 1.29 is 58.9 Å². The van der Waals surface area contributed by atoms with E-state index in [-0.39, 0.29) is 64.0 Å². The van der Waals surface area contributed by atoms with Gasteiger partial charge in [-0.15, -0.1) is 6.92 Å². The summed E-state index contributed by atoms with van der Waals surface area (Å²) < 4.78 is 0. The molecule has 2 aromatic carbocycles. The van der Waals surface area contributed by atoms with Crippen LogP contribution in [0, 0.1) is 40.7 Å². The van der Waals surface area contributed by atoms with Crippen LogP contribution in [0.25, 0.3) is 0 Å². The number of hydrogen-bond acceptors (Lipinski definition) is 0. The van der Waals surface area contributed by atoms with Crippen molar-refractivity contribution in [1.29, 1.82) is 0 Å². The zero-order valence-electron chi connectivity index (χ0n) is 21.0. The van der Waals surface area contributed by atoms with Crippen LogP contribution in [0.5, 0.6) is 0 Å². The monoisotopic (exact) mass is 540 g/mol. The Bertz CT molecular complexity index is 998. The molecule has 32 heavy (non-hydrogen) atoms. The van der Waals surface area contributed by atoms with E-state index in [4.69, 9.17) is 0 Å². The zero-order valence-corrected chi connectivity index (χ0v) is 25.8. The number of halogens is 3. The van der Waals surface area contributed by atoms with Crippen LogP contribution in [0.2, 0.25) is 11.6 Å². The largest absolute Gasteiger partial charge is 4.00 e. The van der Waals surface area contributed by atoms with Gasteiger partial charge in [0.15, 0.2) is 0 Å². The summed E-state index contributed by atoms with van der Waals surface area (Å²) in [6.07, 6.45) is 3.96. The van der Waals surface area contributed by atoms with Gasteiger partial charge in [-0.05, 0) is 51.3 Å². The molecule has 0 radical (unpaired) electrons. The Morgan fingerprint density at radius 1 is 0.688 bits per heavy atom. The molecule has 0 bridgehead atoms. The minimum atomic E-state index is -2.18. The summed E-state index contributed by atoms with van der Waals surface area (Å²) in [5.74, 6) is 0. The Kier molecular flexibility index (Phi) is 12.6. The van der Waals surface area contributed by atoms with Gasteiger partial charge in [0.2, 0.25) is 0 Å². The average molecular weight is 542 g/mol. The van der Waals surface area contributed by atoms with Gasteiger partial charge in [-0.2, -0.15) is 11.1 Å². The molecule has 0 amide bonds. The normalized spacial score (nSPS) is 19.0. The van der Waals surface area contributed by atoms with Crippen LogP contribution in [0.1, 0.15) is 55.5 Å². The Hall–Kier alpha value is -0.279. The predicted octanol–water partition coefficient (Wildman–Crippen LogP) is -2.71. The van der Waals surface area contributed by atoms with Crippen molar-refractivity contribution in [2.24, 2.45) is 0 Å². The fourth-order valence-corrected chi connectivity index (χ4v) is 9.96. The van der Waals surface area contributed by atoms with E-state index in [0.29, 0.717) is 0 Å². The van der Waals surface area contributed by atoms with Crippen LogP contribution < -0.4 is 47.6 Å². The van der Waals surface area contributed by atoms with Gasteiger partial charge in [0.05, 0.1) is 0 Å². The van der Waals surface area contributed by atoms with Crippen LogP contribution in [0.3, 0.4) is 0 Å². The molecule has 2 atom stereocenters. The number of benzene rings is 2. The molecule has 172 valence electrons. The molecule has 1 aliphatic rings. The van der Waals surface area contributed by atoms with E-state index in [1.54, 1.807) is 0 Å². The van der Waals surface area contributed by atoms with Crippen molar-refractivity contribution in [1.82, 2.24) is 0 Å². The molecule has 0 fully saturated rings. The van der Waals surface area contributed by atoms with Gasteiger partial charge in [0.25, 0.3) is 0 Å². The first-order valence-corrected chi connectivity index (χ1v) is 12.9. The van der Waals surface area contributed by atoms with Gasteiger partial charge in [-0.25, -0.2) is 5.57 Å². The summed E-state index contributed by atoms with van der Waals surface area (Å²) in [6, 6.07) is 12.1. The molecular formula is C27H35Cl3SiTi. The quantitative estimate of drug-likeness (QED) is 0.293. The van der Waals surface area contributed by atoms with Crippen molar-refractivity contribution in [3.63, 3.8) is 0 Å². The summed E-state index contributed by atoms with van der Waals surface area (Å²) in [5, 5.41) is 3.00. The first kappa shape index (κ1) is 33.9. The van der Waals surface area contributed by atoms with E-state index < -0.39 is 8.07 Å². The van der Waals surface area contributed by atoms with E-state index in [2.05, 4.69) is 105 Å². The molecule has 0 nitrogen and oxygen atoms in total. The minimum absolute atomic E-state index is 0. The second kappa shape index (κ2) is 11.9. The first-order chi connectivity index (χ1) is 12.9. The summed E-state index contributed by atoms with van der Waals surface area (Å²) in [6.45, 7) is 23.1. The third kappa shape index (κ3) is 5.35. The molecular weight excluding hydrogens is 507 g/mol. The smallest absolute Gasteiger partial charge is 1.00 e. The molecule has 0 saturated heterocycles. The number of rotatable bonds is 3. The number of aryl methyl sites for hydroxylation is 4. The average Bonchev–Trinajstić information content (AvgIpc) is 2.81. The Balaban J connectivity index is 0. The van der Waals surface area contributed by atoms with E-state index in [1.165, 1.54) is 54.9 Å². The van der Waals surface area contributed by atoms with Crippen molar-refractivity contribution in [3.8, 4) is 0 Å². The molecule has 0 heterocycles. The van der Waals surface area contributed by atoms with Gasteiger partial charge in [-0.1, -0.05) is 84.2 Å². The molecule has 0 saturated carbocycles. The molecule has 1 aliphatic carbocycles. The van der Waals surface area contributed by atoms with Crippen LogP contribution >= 0.6 is 0 Å². The first-order valence-electron chi connectivity index (χ1n) is 10.4. The molecule has 5 heteroatoms. The maximum atomic E-state index is 3.96. The maximum absolute atomic E-state index is 3.96. The van der Waals surface area contributed by atoms with E-state index in [9.17, 15) is 0 Å². The van der Waals surface area contributed by atoms with Crippen molar-refractivity contribution >= 4 is 18.4 Å². The van der Waals surface area contributed by atoms with Gasteiger partial charge in [-0.3, -0.25) is 6.08 Å². The van der Waals surface area contributed by atoms with E-state index in [1.807, 2.05) is 0 Å². The maximum Gasteiger partial charge on any atom is 4.00 e. The fraction of sp³-hybridized carbons (Fsp3) is 0.407. The predicted molar refractivity (Wildman–Crippen MR) is 127 cm³/mol. The van der Waals surface area contributed by atoms with Crippen LogP contribution in [-0.4, -0.2) is 8.07 Å². The molecule has 0 aromatic heterocycles. The van der Waals surface area contributed by atoms with Crippen molar-refractivity contribution in [2.75, 3.05) is 0 Å². The second-order valence-corrected chi connectivity index (χ2v) is 13.8. The second-order valence-electron chi connectivity index (χ2n) is 9.36. The summed E-state index contributed by atoms with van der Waals surface area (Å²) in [5.41, 5.74) is 11.2. The molecule has 3 rings (SSSR count). The molecule has 2 aromatic rings. The van der Waals surface area contributed by atoms with Gasteiger partial charge >= 0.3 is 21.7 Å². The molecule has 0 spiro atoms. The fourth-order valence-electron chi connectivity index (χ4n) is 5.05. The van der Waals surface area contributed by atoms with Crippen molar-refractivity contribution in [3.05, 3.63) is 80.9 Å². The minimum Gasteiger partial charge on any atom is -1.00 e.